The minimum Gasteiger partial charge on any atom is -0.351 e. The van der Waals surface area contributed by atoms with E-state index in [1.165, 1.54) is 12.8 Å². The molecule has 4 rings (SSSR count). The summed E-state index contributed by atoms with van der Waals surface area (Å²) in [5.41, 5.74) is 2.35. The zero-order valence-electron chi connectivity index (χ0n) is 15.4. The molecule has 2 heterocycles. The Morgan fingerprint density at radius 2 is 1.85 bits per heavy atom. The standard InChI is InChI=1S/C22H25N3O2/c26-21(24-17-9-3-1-2-4-10-17)20-18-11-5-6-12-19(18)22(27)25(20)15-16-8-7-13-23-14-16/h5-8,11-14,17,20H,1-4,9-10,15H2,(H,24,26)/t20-/m1/s1. The van der Waals surface area contributed by atoms with Crippen LogP contribution in [0.25, 0.3) is 0 Å². The van der Waals surface area contributed by atoms with E-state index in [2.05, 4.69) is 10.3 Å². The van der Waals surface area contributed by atoms with E-state index in [-0.39, 0.29) is 17.9 Å². The summed E-state index contributed by atoms with van der Waals surface area (Å²) in [5, 5.41) is 3.23. The number of hydrogen-bond donors (Lipinski definition) is 1. The normalized spacial score (nSPS) is 20.2. The van der Waals surface area contributed by atoms with Gasteiger partial charge in [0.25, 0.3) is 5.91 Å². The third kappa shape index (κ3) is 3.72. The van der Waals surface area contributed by atoms with E-state index < -0.39 is 6.04 Å². The van der Waals surface area contributed by atoms with E-state index in [0.29, 0.717) is 12.1 Å². The van der Waals surface area contributed by atoms with Crippen molar-refractivity contribution in [2.75, 3.05) is 0 Å². The summed E-state index contributed by atoms with van der Waals surface area (Å²) in [5.74, 6) is -0.153. The zero-order valence-corrected chi connectivity index (χ0v) is 15.4. The number of aromatic nitrogens is 1. The summed E-state index contributed by atoms with van der Waals surface area (Å²) in [7, 11) is 0. The van der Waals surface area contributed by atoms with Crippen LogP contribution in [0.5, 0.6) is 0 Å². The van der Waals surface area contributed by atoms with Gasteiger partial charge in [-0.1, -0.05) is 49.9 Å². The van der Waals surface area contributed by atoms with Gasteiger partial charge in [-0.05, 0) is 36.1 Å². The van der Waals surface area contributed by atoms with Crippen molar-refractivity contribution in [3.63, 3.8) is 0 Å². The highest BCUT2D eigenvalue weighted by atomic mass is 16.2. The molecule has 1 aromatic carbocycles. The summed E-state index contributed by atoms with van der Waals surface area (Å²) in [4.78, 5) is 32.0. The minimum absolute atomic E-state index is 0.0657. The summed E-state index contributed by atoms with van der Waals surface area (Å²) >= 11 is 0. The van der Waals surface area contributed by atoms with Crippen molar-refractivity contribution in [3.05, 3.63) is 65.5 Å². The number of nitrogens with one attached hydrogen (secondary N) is 1. The van der Waals surface area contributed by atoms with Crippen molar-refractivity contribution in [2.24, 2.45) is 0 Å². The van der Waals surface area contributed by atoms with Gasteiger partial charge in [0.05, 0.1) is 0 Å². The van der Waals surface area contributed by atoms with Crippen LogP contribution in [0.15, 0.2) is 48.8 Å². The fraction of sp³-hybridized carbons (Fsp3) is 0.409. The zero-order chi connectivity index (χ0) is 18.6. The molecule has 1 N–H and O–H groups in total. The number of amides is 2. The van der Waals surface area contributed by atoms with Crippen LogP contribution >= 0.6 is 0 Å². The molecule has 1 aliphatic carbocycles. The van der Waals surface area contributed by atoms with Gasteiger partial charge in [0, 0.05) is 30.5 Å². The van der Waals surface area contributed by atoms with Crippen LogP contribution in [0, 0.1) is 0 Å². The molecule has 0 radical (unpaired) electrons. The van der Waals surface area contributed by atoms with E-state index in [0.717, 1.165) is 36.8 Å². The predicted molar refractivity (Wildman–Crippen MR) is 103 cm³/mol. The number of fused-ring (bicyclic) bond motifs is 1. The number of hydrogen-bond acceptors (Lipinski definition) is 3. The lowest BCUT2D eigenvalue weighted by molar-refractivity contribution is -0.126. The van der Waals surface area contributed by atoms with Crippen LogP contribution in [0.3, 0.4) is 0 Å². The Balaban J connectivity index is 1.59. The smallest absolute Gasteiger partial charge is 0.255 e. The first-order chi connectivity index (χ1) is 13.2. The maximum Gasteiger partial charge on any atom is 0.255 e. The van der Waals surface area contributed by atoms with Crippen LogP contribution in [0.2, 0.25) is 0 Å². The predicted octanol–water partition coefficient (Wildman–Crippen LogP) is 3.62. The van der Waals surface area contributed by atoms with Crippen LogP contribution < -0.4 is 5.32 Å². The fourth-order valence-electron chi connectivity index (χ4n) is 4.21. The number of nitrogens with zero attached hydrogens (tertiary/aromatic N) is 2. The number of benzene rings is 1. The lowest BCUT2D eigenvalue weighted by Gasteiger charge is -2.27. The van der Waals surface area contributed by atoms with Gasteiger partial charge in [-0.2, -0.15) is 0 Å². The molecule has 27 heavy (non-hydrogen) atoms. The molecule has 0 saturated heterocycles. The molecule has 5 nitrogen and oxygen atoms in total. The Morgan fingerprint density at radius 1 is 1.07 bits per heavy atom. The Morgan fingerprint density at radius 3 is 2.59 bits per heavy atom. The number of carbonyl (C=O) groups is 2. The van der Waals surface area contributed by atoms with Gasteiger partial charge in [0.15, 0.2) is 0 Å². The minimum atomic E-state index is -0.572. The maximum absolute atomic E-state index is 13.2. The quantitative estimate of drug-likeness (QED) is 0.844. The monoisotopic (exact) mass is 363 g/mol. The van der Waals surface area contributed by atoms with Crippen molar-refractivity contribution in [1.82, 2.24) is 15.2 Å². The molecule has 1 saturated carbocycles. The lowest BCUT2D eigenvalue weighted by atomic mass is 10.0. The van der Waals surface area contributed by atoms with Gasteiger partial charge in [0.2, 0.25) is 5.91 Å². The van der Waals surface area contributed by atoms with E-state index in [9.17, 15) is 9.59 Å². The molecule has 5 heteroatoms. The molecule has 1 fully saturated rings. The van der Waals surface area contributed by atoms with Crippen molar-refractivity contribution in [2.45, 2.75) is 57.2 Å². The summed E-state index contributed by atoms with van der Waals surface area (Å²) < 4.78 is 0. The van der Waals surface area contributed by atoms with E-state index >= 15 is 0 Å². The third-order valence-corrected chi connectivity index (χ3v) is 5.58. The highest BCUT2D eigenvalue weighted by Crippen LogP contribution is 2.35. The molecule has 2 amide bonds. The molecule has 0 unspecified atom stereocenters. The molecule has 140 valence electrons. The maximum atomic E-state index is 13.2. The molecule has 1 atom stereocenters. The molecule has 1 aliphatic heterocycles. The van der Waals surface area contributed by atoms with Crippen molar-refractivity contribution in [3.8, 4) is 0 Å². The topological polar surface area (TPSA) is 62.3 Å². The Labute approximate surface area is 159 Å². The lowest BCUT2D eigenvalue weighted by Crippen LogP contribution is -2.43. The average molecular weight is 363 g/mol. The highest BCUT2D eigenvalue weighted by molar-refractivity contribution is 6.04. The van der Waals surface area contributed by atoms with Crippen molar-refractivity contribution >= 4 is 11.8 Å². The summed E-state index contributed by atoms with van der Waals surface area (Å²) in [6.45, 7) is 0.379. The van der Waals surface area contributed by atoms with Gasteiger partial charge in [-0.25, -0.2) is 0 Å². The first-order valence-corrected chi connectivity index (χ1v) is 9.83. The first kappa shape index (κ1) is 17.7. The molecule has 1 aromatic heterocycles. The van der Waals surface area contributed by atoms with Crippen LogP contribution in [-0.2, 0) is 11.3 Å². The van der Waals surface area contributed by atoms with Gasteiger partial charge in [-0.3, -0.25) is 14.6 Å². The highest BCUT2D eigenvalue weighted by Gasteiger charge is 2.41. The molecular weight excluding hydrogens is 338 g/mol. The Hall–Kier alpha value is -2.69. The van der Waals surface area contributed by atoms with Crippen molar-refractivity contribution < 1.29 is 9.59 Å². The third-order valence-electron chi connectivity index (χ3n) is 5.58. The summed E-state index contributed by atoms with van der Waals surface area (Å²) in [6, 6.07) is 10.9. The molecule has 2 aromatic rings. The number of pyridine rings is 1. The number of rotatable bonds is 4. The van der Waals surface area contributed by atoms with Crippen LogP contribution in [0.1, 0.15) is 66.1 Å². The van der Waals surface area contributed by atoms with Gasteiger partial charge in [-0.15, -0.1) is 0 Å². The molecule has 0 bridgehead atoms. The van der Waals surface area contributed by atoms with Gasteiger partial charge < -0.3 is 10.2 Å². The molecule has 2 aliphatic rings. The van der Waals surface area contributed by atoms with Crippen LogP contribution in [0.4, 0.5) is 0 Å². The second-order valence-corrected chi connectivity index (χ2v) is 7.48. The SMILES string of the molecule is O=C(NC1CCCCCC1)[C@H]1c2ccccc2C(=O)N1Cc1cccnc1. The molecule has 0 spiro atoms. The van der Waals surface area contributed by atoms with Gasteiger partial charge in [0.1, 0.15) is 6.04 Å². The Bertz CT molecular complexity index is 813. The first-order valence-electron chi connectivity index (χ1n) is 9.83. The fourth-order valence-corrected chi connectivity index (χ4v) is 4.21. The molecular formula is C22H25N3O2. The second-order valence-electron chi connectivity index (χ2n) is 7.48. The number of carbonyl (C=O) groups excluding carboxylic acids is 2. The van der Waals surface area contributed by atoms with Crippen molar-refractivity contribution in [1.29, 1.82) is 0 Å². The van der Waals surface area contributed by atoms with E-state index in [1.807, 2.05) is 36.4 Å². The average Bonchev–Trinajstić information content (AvgIpc) is 2.84. The van der Waals surface area contributed by atoms with Crippen LogP contribution in [-0.4, -0.2) is 27.7 Å². The Kier molecular flexibility index (Phi) is 5.19. The van der Waals surface area contributed by atoms with E-state index in [4.69, 9.17) is 0 Å². The second kappa shape index (κ2) is 7.91. The summed E-state index contributed by atoms with van der Waals surface area (Å²) in [6.07, 6.45) is 10.3. The largest absolute Gasteiger partial charge is 0.351 e. The van der Waals surface area contributed by atoms with Gasteiger partial charge >= 0.3 is 0 Å². The van der Waals surface area contributed by atoms with E-state index in [1.54, 1.807) is 17.3 Å².